The quantitative estimate of drug-likeness (QED) is 0.184. The number of hydrogen-bond donors (Lipinski definition) is 2. The van der Waals surface area contributed by atoms with Crippen LogP contribution in [0.4, 0.5) is 0 Å². The zero-order valence-electron chi connectivity index (χ0n) is 16.4. The summed E-state index contributed by atoms with van der Waals surface area (Å²) >= 11 is 0. The Balaban J connectivity index is -0.00000264. The van der Waals surface area contributed by atoms with Gasteiger partial charge >= 0.3 is 11.9 Å². The number of carbonyl (C=O) groups excluding carboxylic acids is 1. The van der Waals surface area contributed by atoms with Crippen LogP contribution in [0.25, 0.3) is 0 Å². The molecule has 2 radical (unpaired) electrons. The summed E-state index contributed by atoms with van der Waals surface area (Å²) in [6.07, 6.45) is 10.1. The van der Waals surface area contributed by atoms with Crippen molar-refractivity contribution >= 4 is 81.2 Å². The normalized spacial score (nSPS) is 11.8. The molecule has 0 aromatic carbocycles. The van der Waals surface area contributed by atoms with Crippen LogP contribution < -0.4 is 0 Å². The van der Waals surface area contributed by atoms with Gasteiger partial charge in [-0.2, -0.15) is 8.42 Å². The molecule has 26 heavy (non-hydrogen) atoms. The molecule has 0 bridgehead atoms. The first-order valence-corrected chi connectivity index (χ1v) is 10.1. The molecule has 0 rings (SSSR count). The first-order valence-electron chi connectivity index (χ1n) is 8.63. The minimum Gasteiger partial charge on any atom is -0.481 e. The molecule has 0 amide bonds. The molecular weight excluding hydrogens is 382 g/mol. The molecule has 1 atom stereocenters. The van der Waals surface area contributed by atoms with E-state index in [1.54, 1.807) is 0 Å². The number of esters is 1. The van der Waals surface area contributed by atoms with Crippen LogP contribution in [0.2, 0.25) is 0 Å². The van der Waals surface area contributed by atoms with Gasteiger partial charge in [0.05, 0.1) is 13.0 Å². The van der Waals surface area contributed by atoms with Crippen molar-refractivity contribution in [3.8, 4) is 0 Å². The van der Waals surface area contributed by atoms with E-state index in [1.807, 2.05) is 0 Å². The predicted molar refractivity (Wildman–Crippen MR) is 102 cm³/mol. The number of unbranched alkanes of at least 4 members (excludes halogenated alkanes) is 9. The molecule has 1 unspecified atom stereocenters. The molecule has 144 valence electrons. The Morgan fingerprint density at radius 1 is 0.885 bits per heavy atom. The van der Waals surface area contributed by atoms with Gasteiger partial charge in [-0.3, -0.25) is 14.1 Å². The summed E-state index contributed by atoms with van der Waals surface area (Å²) in [7, 11) is -4.78. The standard InChI is InChI=1S/C16H30O7S.2Na/c1-2-3-4-5-6-7-8-9-10-11-12-23-16(19)14(13-15(17)18)24(20,21)22;;/h14H,2-13H2,1H3,(H,17,18)(H,20,21,22);;. The molecule has 0 aliphatic carbocycles. The van der Waals surface area contributed by atoms with Gasteiger partial charge in [0.25, 0.3) is 10.1 Å². The second kappa shape index (κ2) is 19.2. The van der Waals surface area contributed by atoms with Crippen molar-refractivity contribution in [3.05, 3.63) is 0 Å². The summed E-state index contributed by atoms with van der Waals surface area (Å²) in [6, 6.07) is 0. The summed E-state index contributed by atoms with van der Waals surface area (Å²) in [6.45, 7) is 2.22. The first-order chi connectivity index (χ1) is 11.3. The summed E-state index contributed by atoms with van der Waals surface area (Å²) in [5.41, 5.74) is 0. The molecule has 10 heteroatoms. The third kappa shape index (κ3) is 18.2. The van der Waals surface area contributed by atoms with Crippen LogP contribution in [0.5, 0.6) is 0 Å². The fraction of sp³-hybridized carbons (Fsp3) is 0.875. The second-order valence-corrected chi connectivity index (χ2v) is 7.55. The fourth-order valence-corrected chi connectivity index (χ4v) is 2.99. The predicted octanol–water partition coefficient (Wildman–Crippen LogP) is 2.42. The topological polar surface area (TPSA) is 118 Å². The van der Waals surface area contributed by atoms with E-state index in [0.717, 1.165) is 19.3 Å². The van der Waals surface area contributed by atoms with Gasteiger partial charge in [-0.1, -0.05) is 64.7 Å². The van der Waals surface area contributed by atoms with Gasteiger partial charge in [0.1, 0.15) is 0 Å². The number of rotatable bonds is 15. The second-order valence-electron chi connectivity index (χ2n) is 5.95. The third-order valence-corrected chi connectivity index (χ3v) is 4.80. The van der Waals surface area contributed by atoms with E-state index in [4.69, 9.17) is 14.4 Å². The van der Waals surface area contributed by atoms with Crippen molar-refractivity contribution in [1.82, 2.24) is 0 Å². The van der Waals surface area contributed by atoms with E-state index in [0.29, 0.717) is 6.42 Å². The monoisotopic (exact) mass is 412 g/mol. The minimum atomic E-state index is -4.78. The Labute approximate surface area is 201 Å². The molecule has 0 aromatic rings. The first kappa shape index (κ1) is 31.5. The third-order valence-electron chi connectivity index (χ3n) is 3.72. The Hall–Kier alpha value is 0.850. The molecule has 2 N–H and O–H groups in total. The Morgan fingerprint density at radius 3 is 1.69 bits per heavy atom. The number of carboxylic acids is 1. The summed E-state index contributed by atoms with van der Waals surface area (Å²) < 4.78 is 35.6. The van der Waals surface area contributed by atoms with Crippen molar-refractivity contribution in [1.29, 1.82) is 0 Å². The van der Waals surface area contributed by atoms with Gasteiger partial charge < -0.3 is 9.84 Å². The van der Waals surface area contributed by atoms with Crippen molar-refractivity contribution in [2.45, 2.75) is 82.8 Å². The summed E-state index contributed by atoms with van der Waals surface area (Å²) in [5.74, 6) is -2.70. The molecule has 0 aliphatic heterocycles. The van der Waals surface area contributed by atoms with E-state index >= 15 is 0 Å². The van der Waals surface area contributed by atoms with Crippen molar-refractivity contribution < 1.29 is 32.4 Å². The molecule has 0 aromatic heterocycles. The maximum atomic E-state index is 11.6. The van der Waals surface area contributed by atoms with Crippen LogP contribution in [0, 0.1) is 0 Å². The average Bonchev–Trinajstić information content (AvgIpc) is 2.48. The molecular formula is C16H30Na2O7S. The average molecular weight is 412 g/mol. The van der Waals surface area contributed by atoms with Crippen molar-refractivity contribution in [2.75, 3.05) is 6.61 Å². The zero-order chi connectivity index (χ0) is 18.4. The van der Waals surface area contributed by atoms with Gasteiger partial charge in [-0.05, 0) is 6.42 Å². The molecule has 0 aliphatic rings. The molecule has 0 fully saturated rings. The minimum absolute atomic E-state index is 0. The number of ether oxygens (including phenoxy) is 1. The van der Waals surface area contributed by atoms with E-state index in [2.05, 4.69) is 6.92 Å². The van der Waals surface area contributed by atoms with Crippen LogP contribution in [0.1, 0.15) is 77.6 Å². The Kier molecular flexibility index (Phi) is 23.3. The van der Waals surface area contributed by atoms with Gasteiger partial charge in [-0.15, -0.1) is 0 Å². The number of aliphatic carboxylic acids is 1. The van der Waals surface area contributed by atoms with E-state index in [9.17, 15) is 18.0 Å². The summed E-state index contributed by atoms with van der Waals surface area (Å²) in [4.78, 5) is 22.1. The van der Waals surface area contributed by atoms with Gasteiger partial charge in [-0.25, -0.2) is 0 Å². The molecule has 0 saturated heterocycles. The van der Waals surface area contributed by atoms with Crippen LogP contribution >= 0.6 is 0 Å². The van der Waals surface area contributed by atoms with E-state index in [-0.39, 0.29) is 65.7 Å². The molecule has 0 heterocycles. The van der Waals surface area contributed by atoms with Crippen LogP contribution in [0.15, 0.2) is 0 Å². The van der Waals surface area contributed by atoms with Crippen LogP contribution in [-0.4, -0.2) is 101 Å². The SMILES string of the molecule is CCCCCCCCCCCCOC(=O)C(CC(=O)O)S(=O)(=O)O.[Na].[Na]. The molecule has 0 saturated carbocycles. The van der Waals surface area contributed by atoms with Gasteiger partial charge in [0, 0.05) is 59.1 Å². The summed E-state index contributed by atoms with van der Waals surface area (Å²) in [5, 5.41) is 6.52. The molecule has 7 nitrogen and oxygen atoms in total. The van der Waals surface area contributed by atoms with Gasteiger partial charge in [0.15, 0.2) is 5.25 Å². The largest absolute Gasteiger partial charge is 0.481 e. The Morgan fingerprint density at radius 2 is 1.31 bits per heavy atom. The molecule has 0 spiro atoms. The van der Waals surface area contributed by atoms with Crippen molar-refractivity contribution in [2.24, 2.45) is 0 Å². The van der Waals surface area contributed by atoms with Crippen molar-refractivity contribution in [3.63, 3.8) is 0 Å². The van der Waals surface area contributed by atoms with E-state index < -0.39 is 33.7 Å². The maximum absolute atomic E-state index is 11.6. The number of carboxylic acid groups (broad SMARTS) is 1. The smallest absolute Gasteiger partial charge is 0.327 e. The maximum Gasteiger partial charge on any atom is 0.327 e. The Bertz CT molecular complexity index is 469. The number of carbonyl (C=O) groups is 2. The van der Waals surface area contributed by atoms with Crippen LogP contribution in [-0.2, 0) is 24.4 Å². The van der Waals surface area contributed by atoms with Crippen LogP contribution in [0.3, 0.4) is 0 Å². The fourth-order valence-electron chi connectivity index (χ4n) is 2.32. The van der Waals surface area contributed by atoms with E-state index in [1.165, 1.54) is 38.5 Å². The number of hydrogen-bond acceptors (Lipinski definition) is 5. The zero-order valence-corrected chi connectivity index (χ0v) is 21.2. The van der Waals surface area contributed by atoms with Gasteiger partial charge in [0.2, 0.25) is 0 Å².